The number of furan rings is 1. The summed E-state index contributed by atoms with van der Waals surface area (Å²) in [7, 11) is 0. The number of nitrogens with one attached hydrogen (secondary N) is 2. The van der Waals surface area contributed by atoms with Crippen LogP contribution in [0, 0.1) is 0 Å². The van der Waals surface area contributed by atoms with Crippen LogP contribution in [0.1, 0.15) is 11.1 Å². The third kappa shape index (κ3) is 4.68. The molecule has 21 heavy (non-hydrogen) atoms. The maximum absolute atomic E-state index is 11.7. The molecule has 0 radical (unpaired) electrons. The topological polar surface area (TPSA) is 91.6 Å². The van der Waals surface area contributed by atoms with Crippen molar-refractivity contribution in [3.05, 3.63) is 60.1 Å². The van der Waals surface area contributed by atoms with Crippen LogP contribution in [-0.2, 0) is 17.8 Å². The summed E-state index contributed by atoms with van der Waals surface area (Å²) in [6, 6.07) is 9.36. The van der Waals surface area contributed by atoms with Crippen molar-refractivity contribution in [3.63, 3.8) is 0 Å². The second-order valence-electron chi connectivity index (χ2n) is 4.54. The first-order chi connectivity index (χ1) is 10.1. The van der Waals surface area contributed by atoms with E-state index in [2.05, 4.69) is 10.6 Å². The van der Waals surface area contributed by atoms with Gasteiger partial charge in [-0.3, -0.25) is 0 Å². The van der Waals surface area contributed by atoms with Gasteiger partial charge in [0.1, 0.15) is 6.04 Å². The molecule has 0 aliphatic carbocycles. The van der Waals surface area contributed by atoms with E-state index in [0.29, 0.717) is 0 Å². The highest BCUT2D eigenvalue weighted by atomic mass is 16.4. The molecule has 0 saturated heterocycles. The predicted molar refractivity (Wildman–Crippen MR) is 75.6 cm³/mol. The Morgan fingerprint density at radius 1 is 1.14 bits per heavy atom. The minimum atomic E-state index is -1.07. The van der Waals surface area contributed by atoms with Gasteiger partial charge >= 0.3 is 12.0 Å². The Morgan fingerprint density at radius 3 is 2.52 bits per heavy atom. The van der Waals surface area contributed by atoms with Crippen molar-refractivity contribution in [2.45, 2.75) is 19.0 Å². The van der Waals surface area contributed by atoms with E-state index in [0.717, 1.165) is 11.1 Å². The predicted octanol–water partition coefficient (Wildman–Crippen LogP) is 1.77. The van der Waals surface area contributed by atoms with Gasteiger partial charge < -0.3 is 20.2 Å². The molecule has 1 heterocycles. The summed E-state index contributed by atoms with van der Waals surface area (Å²) < 4.78 is 4.88. The fourth-order valence-electron chi connectivity index (χ4n) is 1.83. The van der Waals surface area contributed by atoms with E-state index >= 15 is 0 Å². The molecular weight excluding hydrogens is 272 g/mol. The fourth-order valence-corrected chi connectivity index (χ4v) is 1.83. The first-order valence-electron chi connectivity index (χ1n) is 6.47. The quantitative estimate of drug-likeness (QED) is 0.755. The molecule has 1 atom stereocenters. The molecule has 2 aromatic rings. The van der Waals surface area contributed by atoms with Gasteiger partial charge in [0.2, 0.25) is 0 Å². The van der Waals surface area contributed by atoms with Crippen molar-refractivity contribution < 1.29 is 19.1 Å². The maximum Gasteiger partial charge on any atom is 0.326 e. The van der Waals surface area contributed by atoms with Crippen LogP contribution in [0.15, 0.2) is 53.3 Å². The Bertz CT molecular complexity index is 581. The highest BCUT2D eigenvalue weighted by molar-refractivity contribution is 5.82. The van der Waals surface area contributed by atoms with Crippen LogP contribution in [0.25, 0.3) is 0 Å². The van der Waals surface area contributed by atoms with Gasteiger partial charge in [-0.2, -0.15) is 0 Å². The maximum atomic E-state index is 11.7. The number of carbonyl (C=O) groups is 2. The summed E-state index contributed by atoms with van der Waals surface area (Å²) in [5, 5.41) is 14.2. The molecule has 1 aromatic carbocycles. The van der Waals surface area contributed by atoms with E-state index in [9.17, 15) is 14.7 Å². The van der Waals surface area contributed by atoms with Crippen molar-refractivity contribution in [1.29, 1.82) is 0 Å². The van der Waals surface area contributed by atoms with Gasteiger partial charge in [0.25, 0.3) is 0 Å². The molecule has 0 bridgehead atoms. The number of carboxylic acid groups (broad SMARTS) is 1. The number of carboxylic acids is 1. The second kappa shape index (κ2) is 7.14. The highest BCUT2D eigenvalue weighted by Gasteiger charge is 2.20. The number of urea groups is 1. The van der Waals surface area contributed by atoms with Crippen molar-refractivity contribution in [2.24, 2.45) is 0 Å². The molecule has 0 fully saturated rings. The minimum absolute atomic E-state index is 0.231. The number of benzene rings is 1. The van der Waals surface area contributed by atoms with Crippen molar-refractivity contribution >= 4 is 12.0 Å². The lowest BCUT2D eigenvalue weighted by molar-refractivity contribution is -0.139. The summed E-state index contributed by atoms with van der Waals surface area (Å²) in [6.07, 6.45) is 3.25. The smallest absolute Gasteiger partial charge is 0.326 e. The zero-order chi connectivity index (χ0) is 15.1. The number of rotatable bonds is 6. The lowest BCUT2D eigenvalue weighted by Gasteiger charge is -2.15. The molecule has 3 N–H and O–H groups in total. The van der Waals surface area contributed by atoms with Crippen LogP contribution in [-0.4, -0.2) is 23.1 Å². The van der Waals surface area contributed by atoms with E-state index in [1.54, 1.807) is 6.07 Å². The third-order valence-electron chi connectivity index (χ3n) is 2.92. The van der Waals surface area contributed by atoms with Gasteiger partial charge in [-0.15, -0.1) is 0 Å². The molecule has 0 spiro atoms. The largest absolute Gasteiger partial charge is 0.480 e. The molecule has 1 aromatic heterocycles. The molecule has 2 amide bonds. The number of hydrogen-bond donors (Lipinski definition) is 3. The highest BCUT2D eigenvalue weighted by Crippen LogP contribution is 2.04. The zero-order valence-electron chi connectivity index (χ0n) is 11.3. The van der Waals surface area contributed by atoms with Crippen LogP contribution in [0.5, 0.6) is 0 Å². The van der Waals surface area contributed by atoms with Crippen LogP contribution < -0.4 is 10.6 Å². The molecule has 110 valence electrons. The van der Waals surface area contributed by atoms with E-state index in [-0.39, 0.29) is 13.0 Å². The first-order valence-corrected chi connectivity index (χ1v) is 6.47. The Balaban J connectivity index is 1.87. The van der Waals surface area contributed by atoms with Crippen molar-refractivity contribution in [1.82, 2.24) is 10.6 Å². The summed E-state index contributed by atoms with van der Waals surface area (Å²) >= 11 is 0. The number of amides is 2. The van der Waals surface area contributed by atoms with Crippen LogP contribution in [0.2, 0.25) is 0 Å². The van der Waals surface area contributed by atoms with Gasteiger partial charge in [-0.1, -0.05) is 30.3 Å². The SMILES string of the molecule is O=C(NCc1ccoc1)NC(Cc1ccccc1)C(=O)O. The molecule has 6 heteroatoms. The fraction of sp³-hybridized carbons (Fsp3) is 0.200. The monoisotopic (exact) mass is 288 g/mol. The number of aliphatic carboxylic acids is 1. The van der Waals surface area contributed by atoms with E-state index < -0.39 is 18.0 Å². The Kier molecular flexibility index (Phi) is 4.98. The third-order valence-corrected chi connectivity index (χ3v) is 2.92. The average molecular weight is 288 g/mol. The van der Waals surface area contributed by atoms with Crippen LogP contribution in [0.4, 0.5) is 4.79 Å². The molecule has 2 rings (SSSR count). The standard InChI is InChI=1S/C15H16N2O4/c18-14(19)13(8-11-4-2-1-3-5-11)17-15(20)16-9-12-6-7-21-10-12/h1-7,10,13H,8-9H2,(H,18,19)(H2,16,17,20). The summed E-state index contributed by atoms with van der Waals surface area (Å²) in [5.74, 6) is -1.07. The van der Waals surface area contributed by atoms with E-state index in [4.69, 9.17) is 4.42 Å². The van der Waals surface area contributed by atoms with Crippen molar-refractivity contribution in [2.75, 3.05) is 0 Å². The second-order valence-corrected chi connectivity index (χ2v) is 4.54. The summed E-state index contributed by atoms with van der Waals surface area (Å²) in [6.45, 7) is 0.278. The van der Waals surface area contributed by atoms with Gasteiger partial charge in [-0.25, -0.2) is 9.59 Å². The molecule has 0 saturated carbocycles. The van der Waals surface area contributed by atoms with Gasteiger partial charge in [0.15, 0.2) is 0 Å². The zero-order valence-corrected chi connectivity index (χ0v) is 11.3. The number of hydrogen-bond acceptors (Lipinski definition) is 3. The van der Waals surface area contributed by atoms with Crippen LogP contribution in [0.3, 0.4) is 0 Å². The molecule has 0 aliphatic heterocycles. The normalized spacial score (nSPS) is 11.6. The van der Waals surface area contributed by atoms with E-state index in [1.807, 2.05) is 30.3 Å². The molecule has 6 nitrogen and oxygen atoms in total. The van der Waals surface area contributed by atoms with Crippen molar-refractivity contribution in [3.8, 4) is 0 Å². The lowest BCUT2D eigenvalue weighted by Crippen LogP contribution is -2.46. The lowest BCUT2D eigenvalue weighted by atomic mass is 10.1. The van der Waals surface area contributed by atoms with E-state index in [1.165, 1.54) is 12.5 Å². The van der Waals surface area contributed by atoms with Gasteiger partial charge in [0, 0.05) is 18.5 Å². The summed E-state index contributed by atoms with van der Waals surface area (Å²) in [4.78, 5) is 22.9. The summed E-state index contributed by atoms with van der Waals surface area (Å²) in [5.41, 5.74) is 1.65. The van der Waals surface area contributed by atoms with Crippen LogP contribution >= 0.6 is 0 Å². The average Bonchev–Trinajstić information content (AvgIpc) is 2.99. The molecule has 1 unspecified atom stereocenters. The van der Waals surface area contributed by atoms with Gasteiger partial charge in [-0.05, 0) is 11.6 Å². The Morgan fingerprint density at radius 2 is 1.90 bits per heavy atom. The minimum Gasteiger partial charge on any atom is -0.480 e. The number of carbonyl (C=O) groups excluding carboxylic acids is 1. The Hall–Kier alpha value is -2.76. The molecule has 0 aliphatic rings. The van der Waals surface area contributed by atoms with Gasteiger partial charge in [0.05, 0.1) is 12.5 Å². The Labute approximate surface area is 121 Å². The first kappa shape index (κ1) is 14.6. The molecular formula is C15H16N2O4.